The quantitative estimate of drug-likeness (QED) is 0.557. The number of ether oxygens (including phenoxy) is 1. The minimum absolute atomic E-state index is 0.319. The van der Waals surface area contributed by atoms with Gasteiger partial charge in [-0.15, -0.1) is 0 Å². The van der Waals surface area contributed by atoms with Crippen LogP contribution in [0.4, 0.5) is 5.69 Å². The van der Waals surface area contributed by atoms with Crippen LogP contribution in [0.25, 0.3) is 0 Å². The molecule has 0 aliphatic carbocycles. The highest BCUT2D eigenvalue weighted by molar-refractivity contribution is 5.82. The number of carbonyl (C=O) groups excluding carboxylic acids is 1. The van der Waals surface area contributed by atoms with Gasteiger partial charge in [0.05, 0.1) is 6.61 Å². The highest BCUT2D eigenvalue weighted by atomic mass is 16.5. The van der Waals surface area contributed by atoms with E-state index in [0.29, 0.717) is 6.61 Å². The molecule has 1 aromatic carbocycles. The first-order valence-electron chi connectivity index (χ1n) is 4.87. The van der Waals surface area contributed by atoms with Crippen LogP contribution in [-0.4, -0.2) is 19.6 Å². The molecule has 0 saturated carbocycles. The highest BCUT2D eigenvalue weighted by Crippen LogP contribution is 2.10. The molecule has 0 aliphatic heterocycles. The molecule has 0 N–H and O–H groups in total. The lowest BCUT2D eigenvalue weighted by Crippen LogP contribution is -2.09. The number of carbonyl (C=O) groups is 1. The van der Waals surface area contributed by atoms with Crippen LogP contribution in [0.3, 0.4) is 0 Å². The van der Waals surface area contributed by atoms with Gasteiger partial charge in [-0.2, -0.15) is 0 Å². The molecule has 1 rings (SSSR count). The number of hydrogen-bond donors (Lipinski definition) is 0. The lowest BCUT2D eigenvalue weighted by atomic mass is 10.3. The zero-order valence-electron chi connectivity index (χ0n) is 9.01. The summed E-state index contributed by atoms with van der Waals surface area (Å²) in [6, 6.07) is 9.78. The molecule has 80 valence electrons. The van der Waals surface area contributed by atoms with Crippen LogP contribution in [0.15, 0.2) is 42.6 Å². The fourth-order valence-corrected chi connectivity index (χ4v) is 1.11. The Labute approximate surface area is 90.0 Å². The molecule has 3 nitrogen and oxygen atoms in total. The van der Waals surface area contributed by atoms with Crippen molar-refractivity contribution >= 4 is 11.7 Å². The highest BCUT2D eigenvalue weighted by Gasteiger charge is 1.97. The van der Waals surface area contributed by atoms with Crippen LogP contribution in [-0.2, 0) is 9.53 Å². The van der Waals surface area contributed by atoms with E-state index >= 15 is 0 Å². The summed E-state index contributed by atoms with van der Waals surface area (Å²) in [7, 11) is 1.88. The van der Waals surface area contributed by atoms with Gasteiger partial charge < -0.3 is 9.64 Å². The third-order valence-corrected chi connectivity index (χ3v) is 1.88. The van der Waals surface area contributed by atoms with Gasteiger partial charge in [-0.1, -0.05) is 18.2 Å². The molecule has 0 bridgehead atoms. The summed E-state index contributed by atoms with van der Waals surface area (Å²) in [6.45, 7) is 2.19. The molecule has 15 heavy (non-hydrogen) atoms. The number of anilines is 1. The van der Waals surface area contributed by atoms with Crippen LogP contribution < -0.4 is 4.90 Å². The molecule has 0 aliphatic rings. The van der Waals surface area contributed by atoms with Crippen LogP contribution in [0.5, 0.6) is 0 Å². The minimum Gasteiger partial charge on any atom is -0.463 e. The maximum atomic E-state index is 11.0. The van der Waals surface area contributed by atoms with E-state index in [1.807, 2.05) is 42.3 Å². The molecule has 3 heteroatoms. The number of benzene rings is 1. The van der Waals surface area contributed by atoms with E-state index in [9.17, 15) is 4.79 Å². The molecular weight excluding hydrogens is 190 g/mol. The summed E-state index contributed by atoms with van der Waals surface area (Å²) in [5.41, 5.74) is 1.03. The van der Waals surface area contributed by atoms with Gasteiger partial charge in [0, 0.05) is 25.0 Å². The largest absolute Gasteiger partial charge is 0.463 e. The van der Waals surface area contributed by atoms with E-state index in [-0.39, 0.29) is 5.97 Å². The first-order chi connectivity index (χ1) is 7.24. The van der Waals surface area contributed by atoms with E-state index in [2.05, 4.69) is 0 Å². The van der Waals surface area contributed by atoms with Gasteiger partial charge in [-0.05, 0) is 19.1 Å². The topological polar surface area (TPSA) is 29.5 Å². The van der Waals surface area contributed by atoms with E-state index in [1.165, 1.54) is 6.08 Å². The van der Waals surface area contributed by atoms with Gasteiger partial charge in [0.2, 0.25) is 0 Å². The van der Waals surface area contributed by atoms with Crippen molar-refractivity contribution in [2.75, 3.05) is 18.6 Å². The lowest BCUT2D eigenvalue weighted by Gasteiger charge is -2.13. The molecule has 0 unspecified atom stereocenters. The fraction of sp³-hybridized carbons (Fsp3) is 0.250. The van der Waals surface area contributed by atoms with E-state index < -0.39 is 0 Å². The Balaban J connectivity index is 2.56. The Morgan fingerprint density at radius 2 is 2.07 bits per heavy atom. The van der Waals surface area contributed by atoms with Gasteiger partial charge in [-0.25, -0.2) is 4.79 Å². The van der Waals surface area contributed by atoms with Crippen LogP contribution in [0, 0.1) is 0 Å². The van der Waals surface area contributed by atoms with E-state index in [1.54, 1.807) is 13.1 Å². The lowest BCUT2D eigenvalue weighted by molar-refractivity contribution is -0.137. The van der Waals surface area contributed by atoms with Crippen molar-refractivity contribution in [3.63, 3.8) is 0 Å². The predicted molar refractivity (Wildman–Crippen MR) is 60.6 cm³/mol. The van der Waals surface area contributed by atoms with Gasteiger partial charge in [0.1, 0.15) is 0 Å². The number of para-hydroxylation sites is 1. The maximum Gasteiger partial charge on any atom is 0.332 e. The summed E-state index contributed by atoms with van der Waals surface area (Å²) in [5.74, 6) is -0.319. The molecular formula is C12H15NO2. The third kappa shape index (κ3) is 3.85. The molecule has 0 saturated heterocycles. The van der Waals surface area contributed by atoms with Crippen LogP contribution >= 0.6 is 0 Å². The second kappa shape index (κ2) is 5.86. The SMILES string of the molecule is CCOC(=O)/C=C/N(C)c1ccccc1. The fourth-order valence-electron chi connectivity index (χ4n) is 1.11. The van der Waals surface area contributed by atoms with E-state index in [0.717, 1.165) is 5.69 Å². The summed E-state index contributed by atoms with van der Waals surface area (Å²) in [4.78, 5) is 12.9. The number of esters is 1. The van der Waals surface area contributed by atoms with Gasteiger partial charge in [0.15, 0.2) is 0 Å². The first kappa shape index (κ1) is 11.3. The average Bonchev–Trinajstić information content (AvgIpc) is 2.27. The normalized spacial score (nSPS) is 10.3. The summed E-state index contributed by atoms with van der Waals surface area (Å²) >= 11 is 0. The second-order valence-electron chi connectivity index (χ2n) is 3.01. The molecule has 0 atom stereocenters. The summed E-state index contributed by atoms with van der Waals surface area (Å²) < 4.78 is 4.78. The van der Waals surface area contributed by atoms with Crippen LogP contribution in [0.2, 0.25) is 0 Å². The second-order valence-corrected chi connectivity index (χ2v) is 3.01. The Bertz CT molecular complexity index is 333. The molecule has 0 amide bonds. The Morgan fingerprint density at radius 1 is 1.40 bits per heavy atom. The van der Waals surface area contributed by atoms with Crippen molar-refractivity contribution in [2.24, 2.45) is 0 Å². The smallest absolute Gasteiger partial charge is 0.332 e. The monoisotopic (exact) mass is 205 g/mol. The maximum absolute atomic E-state index is 11.0. The van der Waals surface area contributed by atoms with Crippen molar-refractivity contribution in [3.05, 3.63) is 42.6 Å². The zero-order valence-corrected chi connectivity index (χ0v) is 9.01. The van der Waals surface area contributed by atoms with E-state index in [4.69, 9.17) is 4.74 Å². The molecule has 0 fully saturated rings. The predicted octanol–water partition coefficient (Wildman–Crippen LogP) is 2.20. The molecule has 1 aromatic rings. The van der Waals surface area contributed by atoms with Crippen molar-refractivity contribution in [1.29, 1.82) is 0 Å². The Kier molecular flexibility index (Phi) is 4.41. The average molecular weight is 205 g/mol. The third-order valence-electron chi connectivity index (χ3n) is 1.88. The summed E-state index contributed by atoms with van der Waals surface area (Å²) in [6.07, 6.45) is 3.10. The molecule has 0 radical (unpaired) electrons. The Morgan fingerprint density at radius 3 is 2.67 bits per heavy atom. The number of rotatable bonds is 4. The van der Waals surface area contributed by atoms with Crippen molar-refractivity contribution in [2.45, 2.75) is 6.92 Å². The van der Waals surface area contributed by atoms with Gasteiger partial charge in [-0.3, -0.25) is 0 Å². The number of hydrogen-bond acceptors (Lipinski definition) is 3. The van der Waals surface area contributed by atoms with Crippen molar-refractivity contribution in [3.8, 4) is 0 Å². The van der Waals surface area contributed by atoms with Crippen molar-refractivity contribution in [1.82, 2.24) is 0 Å². The van der Waals surface area contributed by atoms with Gasteiger partial charge in [0.25, 0.3) is 0 Å². The van der Waals surface area contributed by atoms with Crippen LogP contribution in [0.1, 0.15) is 6.92 Å². The number of nitrogens with zero attached hydrogens (tertiary/aromatic N) is 1. The van der Waals surface area contributed by atoms with Gasteiger partial charge >= 0.3 is 5.97 Å². The molecule has 0 heterocycles. The standard InChI is InChI=1S/C12H15NO2/c1-3-15-12(14)9-10-13(2)11-7-5-4-6-8-11/h4-10H,3H2,1-2H3/b10-9+. The zero-order chi connectivity index (χ0) is 11.1. The molecule has 0 aromatic heterocycles. The first-order valence-corrected chi connectivity index (χ1v) is 4.87. The minimum atomic E-state index is -0.319. The Hall–Kier alpha value is -1.77. The summed E-state index contributed by atoms with van der Waals surface area (Å²) in [5, 5.41) is 0. The van der Waals surface area contributed by atoms with Crippen molar-refractivity contribution < 1.29 is 9.53 Å². The molecule has 0 spiro atoms.